The summed E-state index contributed by atoms with van der Waals surface area (Å²) in [5, 5.41) is 11.3. The van der Waals surface area contributed by atoms with Crippen molar-refractivity contribution in [2.45, 2.75) is 12.5 Å². The van der Waals surface area contributed by atoms with Crippen molar-refractivity contribution in [3.05, 3.63) is 24.3 Å². The number of hydrogen-bond donors (Lipinski definition) is 2. The van der Waals surface area contributed by atoms with Crippen LogP contribution in [0.3, 0.4) is 0 Å². The minimum absolute atomic E-state index is 0.114. The van der Waals surface area contributed by atoms with Crippen molar-refractivity contribution in [1.82, 2.24) is 15.3 Å². The molecule has 0 saturated heterocycles. The van der Waals surface area contributed by atoms with Crippen LogP contribution in [0.1, 0.15) is 16.9 Å². The molecule has 92 valence electrons. The van der Waals surface area contributed by atoms with Crippen LogP contribution in [0, 0.1) is 0 Å². The highest BCUT2D eigenvalue weighted by Crippen LogP contribution is 2.02. The summed E-state index contributed by atoms with van der Waals surface area (Å²) in [7, 11) is 0. The zero-order valence-electron chi connectivity index (χ0n) is 9.29. The lowest BCUT2D eigenvalue weighted by atomic mass is 10.2. The standard InChI is InChI=1S/C10H13N3O3S/c1-17-5-2-7(10(15)16)13-9(14)8-6-11-3-4-12-8/h3-4,6-7H,2,5H2,1H3,(H,13,14)(H,15,16)/t7-/m0/s1. The lowest BCUT2D eigenvalue weighted by molar-refractivity contribution is -0.139. The van der Waals surface area contributed by atoms with E-state index in [1.807, 2.05) is 6.26 Å². The Bertz CT molecular complexity index is 386. The molecule has 0 spiro atoms. The summed E-state index contributed by atoms with van der Waals surface area (Å²) in [6.07, 6.45) is 6.38. The number of amides is 1. The molecule has 0 aliphatic carbocycles. The first kappa shape index (κ1) is 13.4. The number of carboxylic acids is 1. The first-order chi connectivity index (χ1) is 8.15. The first-order valence-corrected chi connectivity index (χ1v) is 6.33. The Balaban J connectivity index is 2.61. The van der Waals surface area contributed by atoms with Gasteiger partial charge in [0.2, 0.25) is 0 Å². The summed E-state index contributed by atoms with van der Waals surface area (Å²) >= 11 is 1.53. The molecule has 0 saturated carbocycles. The molecule has 1 atom stereocenters. The van der Waals surface area contributed by atoms with Crippen LogP contribution in [-0.4, -0.2) is 45.0 Å². The topological polar surface area (TPSA) is 92.2 Å². The molecule has 1 heterocycles. The number of rotatable bonds is 6. The van der Waals surface area contributed by atoms with Crippen LogP contribution < -0.4 is 5.32 Å². The maximum absolute atomic E-state index is 11.6. The number of carbonyl (C=O) groups excluding carboxylic acids is 1. The quantitative estimate of drug-likeness (QED) is 0.765. The normalized spacial score (nSPS) is 11.8. The zero-order chi connectivity index (χ0) is 12.7. The van der Waals surface area contributed by atoms with Gasteiger partial charge in [0.05, 0.1) is 6.20 Å². The molecular formula is C10H13N3O3S. The SMILES string of the molecule is CSCC[C@H](NC(=O)c1cnccn1)C(=O)O. The van der Waals surface area contributed by atoms with Gasteiger partial charge in [0, 0.05) is 12.4 Å². The molecule has 0 bridgehead atoms. The molecule has 6 nitrogen and oxygen atoms in total. The number of carbonyl (C=O) groups is 2. The van der Waals surface area contributed by atoms with Crippen molar-refractivity contribution in [1.29, 1.82) is 0 Å². The number of aromatic nitrogens is 2. The van der Waals surface area contributed by atoms with E-state index in [0.29, 0.717) is 12.2 Å². The van der Waals surface area contributed by atoms with E-state index in [9.17, 15) is 9.59 Å². The smallest absolute Gasteiger partial charge is 0.326 e. The fourth-order valence-corrected chi connectivity index (χ4v) is 1.61. The molecule has 7 heteroatoms. The fourth-order valence-electron chi connectivity index (χ4n) is 1.14. The third-order valence-corrected chi connectivity index (χ3v) is 2.65. The van der Waals surface area contributed by atoms with Gasteiger partial charge in [-0.3, -0.25) is 9.78 Å². The van der Waals surface area contributed by atoms with E-state index in [-0.39, 0.29) is 5.69 Å². The molecule has 1 rings (SSSR count). The summed E-state index contributed by atoms with van der Waals surface area (Å²) in [5.74, 6) is -0.902. The average Bonchev–Trinajstić information content (AvgIpc) is 2.35. The fraction of sp³-hybridized carbons (Fsp3) is 0.400. The molecule has 1 amide bonds. The van der Waals surface area contributed by atoms with Gasteiger partial charge in [-0.2, -0.15) is 11.8 Å². The van der Waals surface area contributed by atoms with Gasteiger partial charge >= 0.3 is 5.97 Å². The summed E-state index contributed by atoms with van der Waals surface area (Å²) in [6.45, 7) is 0. The van der Waals surface area contributed by atoms with Gasteiger partial charge in [0.15, 0.2) is 0 Å². The van der Waals surface area contributed by atoms with E-state index in [4.69, 9.17) is 5.11 Å². The monoisotopic (exact) mass is 255 g/mol. The second kappa shape index (κ2) is 6.85. The van der Waals surface area contributed by atoms with E-state index in [1.54, 1.807) is 0 Å². The summed E-state index contributed by atoms with van der Waals surface area (Å²) in [6, 6.07) is -0.892. The lowest BCUT2D eigenvalue weighted by Crippen LogP contribution is -2.41. The third kappa shape index (κ3) is 4.39. The van der Waals surface area contributed by atoms with E-state index in [1.165, 1.54) is 30.4 Å². The van der Waals surface area contributed by atoms with Gasteiger partial charge in [-0.15, -0.1) is 0 Å². The Morgan fingerprint density at radius 2 is 2.29 bits per heavy atom. The van der Waals surface area contributed by atoms with Gasteiger partial charge in [-0.25, -0.2) is 9.78 Å². The van der Waals surface area contributed by atoms with Crippen LogP contribution in [-0.2, 0) is 4.79 Å². The molecule has 1 aromatic heterocycles. The van der Waals surface area contributed by atoms with Gasteiger partial charge in [-0.05, 0) is 18.4 Å². The van der Waals surface area contributed by atoms with Crippen LogP contribution in [0.2, 0.25) is 0 Å². The van der Waals surface area contributed by atoms with Crippen LogP contribution in [0.4, 0.5) is 0 Å². The Morgan fingerprint density at radius 3 is 2.82 bits per heavy atom. The number of nitrogens with zero attached hydrogens (tertiary/aromatic N) is 2. The van der Waals surface area contributed by atoms with Gasteiger partial charge < -0.3 is 10.4 Å². The Kier molecular flexibility index (Phi) is 5.41. The van der Waals surface area contributed by atoms with E-state index in [0.717, 1.165) is 0 Å². The molecule has 0 unspecified atom stereocenters. The van der Waals surface area contributed by atoms with Crippen LogP contribution >= 0.6 is 11.8 Å². The molecule has 0 aliphatic heterocycles. The van der Waals surface area contributed by atoms with Crippen LogP contribution in [0.15, 0.2) is 18.6 Å². The van der Waals surface area contributed by atoms with Crippen LogP contribution in [0.25, 0.3) is 0 Å². The minimum Gasteiger partial charge on any atom is -0.480 e. The second-order valence-corrected chi connectivity index (χ2v) is 4.22. The van der Waals surface area contributed by atoms with Crippen molar-refractivity contribution in [3.8, 4) is 0 Å². The van der Waals surface area contributed by atoms with E-state index >= 15 is 0 Å². The Labute approximate surface area is 103 Å². The molecular weight excluding hydrogens is 242 g/mol. The van der Waals surface area contributed by atoms with E-state index < -0.39 is 17.9 Å². The second-order valence-electron chi connectivity index (χ2n) is 3.24. The van der Waals surface area contributed by atoms with Crippen molar-refractivity contribution in [3.63, 3.8) is 0 Å². The number of thioether (sulfide) groups is 1. The predicted molar refractivity (Wildman–Crippen MR) is 63.9 cm³/mol. The Hall–Kier alpha value is -1.63. The first-order valence-electron chi connectivity index (χ1n) is 4.93. The summed E-state index contributed by atoms with van der Waals surface area (Å²) in [4.78, 5) is 30.1. The van der Waals surface area contributed by atoms with Crippen molar-refractivity contribution >= 4 is 23.6 Å². The van der Waals surface area contributed by atoms with Crippen molar-refractivity contribution in [2.75, 3.05) is 12.0 Å². The van der Waals surface area contributed by atoms with Gasteiger partial charge in [0.25, 0.3) is 5.91 Å². The third-order valence-electron chi connectivity index (χ3n) is 2.01. The predicted octanol–water partition coefficient (Wildman–Crippen LogP) is 0.413. The average molecular weight is 255 g/mol. The maximum atomic E-state index is 11.6. The van der Waals surface area contributed by atoms with Gasteiger partial charge in [-0.1, -0.05) is 0 Å². The highest BCUT2D eigenvalue weighted by Gasteiger charge is 2.20. The van der Waals surface area contributed by atoms with Gasteiger partial charge in [0.1, 0.15) is 11.7 Å². The zero-order valence-corrected chi connectivity index (χ0v) is 10.1. The summed E-state index contributed by atoms with van der Waals surface area (Å²) in [5.41, 5.74) is 0.114. The highest BCUT2D eigenvalue weighted by molar-refractivity contribution is 7.98. The van der Waals surface area contributed by atoms with Crippen molar-refractivity contribution < 1.29 is 14.7 Å². The highest BCUT2D eigenvalue weighted by atomic mass is 32.2. The molecule has 17 heavy (non-hydrogen) atoms. The number of nitrogens with one attached hydrogen (secondary N) is 1. The Morgan fingerprint density at radius 1 is 1.53 bits per heavy atom. The molecule has 2 N–H and O–H groups in total. The molecule has 0 radical (unpaired) electrons. The maximum Gasteiger partial charge on any atom is 0.326 e. The van der Waals surface area contributed by atoms with Crippen LogP contribution in [0.5, 0.6) is 0 Å². The number of carboxylic acid groups (broad SMARTS) is 1. The molecule has 0 aliphatic rings. The number of hydrogen-bond acceptors (Lipinski definition) is 5. The molecule has 1 aromatic rings. The van der Waals surface area contributed by atoms with Crippen molar-refractivity contribution in [2.24, 2.45) is 0 Å². The van der Waals surface area contributed by atoms with E-state index in [2.05, 4.69) is 15.3 Å². The minimum atomic E-state index is -1.05. The molecule has 0 fully saturated rings. The number of aliphatic carboxylic acids is 1. The molecule has 0 aromatic carbocycles. The summed E-state index contributed by atoms with van der Waals surface area (Å²) < 4.78 is 0. The lowest BCUT2D eigenvalue weighted by Gasteiger charge is -2.13. The largest absolute Gasteiger partial charge is 0.480 e.